The number of furan rings is 1. The van der Waals surface area contributed by atoms with Gasteiger partial charge >= 0.3 is 0 Å². The van der Waals surface area contributed by atoms with E-state index in [1.165, 1.54) is 0 Å². The van der Waals surface area contributed by atoms with Crippen LogP contribution in [0, 0.1) is 13.8 Å². The van der Waals surface area contributed by atoms with Gasteiger partial charge in [-0.3, -0.25) is 9.69 Å². The van der Waals surface area contributed by atoms with Gasteiger partial charge in [-0.15, -0.1) is 0 Å². The van der Waals surface area contributed by atoms with Gasteiger partial charge in [0.05, 0.1) is 23.8 Å². The predicted octanol–water partition coefficient (Wildman–Crippen LogP) is 2.37. The standard InChI is InChI=1S/C24H32N4O5S/c1-17-7-9-19(10-8-17)34(30,31)27-26-20-5-3-6-21-22(20)18(2)23(33-21)24(29)25-11-4-12-28-13-15-32-16-14-28/h7-10,27H,3-6,11-16H2,1-2H3,(H,25,29)/b26-20+. The molecule has 1 saturated heterocycles. The highest BCUT2D eigenvalue weighted by molar-refractivity contribution is 7.89. The molecule has 0 radical (unpaired) electrons. The topological polar surface area (TPSA) is 113 Å². The highest BCUT2D eigenvalue weighted by Gasteiger charge is 2.28. The Balaban J connectivity index is 1.41. The lowest BCUT2D eigenvalue weighted by atomic mass is 9.93. The first-order chi connectivity index (χ1) is 16.3. The molecule has 9 nitrogen and oxygen atoms in total. The van der Waals surface area contributed by atoms with Crippen molar-refractivity contribution in [3.05, 3.63) is 52.5 Å². The van der Waals surface area contributed by atoms with Crippen molar-refractivity contribution in [2.24, 2.45) is 5.10 Å². The molecule has 10 heteroatoms. The van der Waals surface area contributed by atoms with Gasteiger partial charge in [-0.2, -0.15) is 18.4 Å². The fraction of sp³-hybridized carbons (Fsp3) is 0.500. The maximum atomic E-state index is 12.8. The summed E-state index contributed by atoms with van der Waals surface area (Å²) in [4.78, 5) is 17.6. The third-order valence-electron chi connectivity index (χ3n) is 6.20. The van der Waals surface area contributed by atoms with Crippen molar-refractivity contribution in [2.75, 3.05) is 39.4 Å². The Morgan fingerprint density at radius 1 is 1.12 bits per heavy atom. The molecule has 1 fully saturated rings. The second-order valence-electron chi connectivity index (χ2n) is 8.74. The Morgan fingerprint density at radius 3 is 2.59 bits per heavy atom. The van der Waals surface area contributed by atoms with Crippen molar-refractivity contribution in [3.8, 4) is 0 Å². The van der Waals surface area contributed by atoms with Gasteiger partial charge in [-0.1, -0.05) is 17.7 Å². The maximum absolute atomic E-state index is 12.8. The number of nitrogens with zero attached hydrogens (tertiary/aromatic N) is 2. The molecule has 2 N–H and O–H groups in total. The number of ether oxygens (including phenoxy) is 1. The lowest BCUT2D eigenvalue weighted by Crippen LogP contribution is -2.38. The van der Waals surface area contributed by atoms with Crippen molar-refractivity contribution < 1.29 is 22.4 Å². The molecule has 2 aliphatic rings. The fourth-order valence-electron chi connectivity index (χ4n) is 4.29. The molecule has 1 aliphatic heterocycles. The number of sulfonamides is 1. The Hall–Kier alpha value is -2.69. The second-order valence-corrected chi connectivity index (χ2v) is 10.4. The van der Waals surface area contributed by atoms with Crippen LogP contribution in [0.15, 0.2) is 38.7 Å². The first-order valence-electron chi connectivity index (χ1n) is 11.7. The third kappa shape index (κ3) is 5.68. The van der Waals surface area contributed by atoms with Crippen molar-refractivity contribution in [3.63, 3.8) is 0 Å². The Labute approximate surface area is 200 Å². The number of aryl methyl sites for hydroxylation is 2. The normalized spacial score (nSPS) is 18.0. The smallest absolute Gasteiger partial charge is 0.287 e. The van der Waals surface area contributed by atoms with Crippen LogP contribution in [0.3, 0.4) is 0 Å². The van der Waals surface area contributed by atoms with Gasteiger partial charge < -0.3 is 14.5 Å². The highest BCUT2D eigenvalue weighted by Crippen LogP contribution is 2.30. The number of benzene rings is 1. The minimum absolute atomic E-state index is 0.152. The summed E-state index contributed by atoms with van der Waals surface area (Å²) < 4.78 is 36.5. The summed E-state index contributed by atoms with van der Waals surface area (Å²) in [6, 6.07) is 6.59. The van der Waals surface area contributed by atoms with Crippen molar-refractivity contribution in [1.82, 2.24) is 15.0 Å². The zero-order valence-electron chi connectivity index (χ0n) is 19.7. The molecule has 4 rings (SSSR count). The lowest BCUT2D eigenvalue weighted by molar-refractivity contribution is 0.0374. The zero-order valence-corrected chi connectivity index (χ0v) is 20.5. The van der Waals surface area contributed by atoms with Crippen LogP contribution in [-0.2, 0) is 21.2 Å². The van der Waals surface area contributed by atoms with E-state index in [0.717, 1.165) is 56.8 Å². The maximum Gasteiger partial charge on any atom is 0.287 e. The third-order valence-corrected chi connectivity index (χ3v) is 7.43. The van der Waals surface area contributed by atoms with Crippen LogP contribution in [-0.4, -0.2) is 64.3 Å². The van der Waals surface area contributed by atoms with Gasteiger partial charge in [-0.25, -0.2) is 0 Å². The van der Waals surface area contributed by atoms with Gasteiger partial charge in [-0.05, 0) is 51.8 Å². The molecule has 0 saturated carbocycles. The van der Waals surface area contributed by atoms with Crippen molar-refractivity contribution in [2.45, 2.75) is 44.4 Å². The summed E-state index contributed by atoms with van der Waals surface area (Å²) >= 11 is 0. The largest absolute Gasteiger partial charge is 0.455 e. The van der Waals surface area contributed by atoms with Crippen LogP contribution >= 0.6 is 0 Å². The van der Waals surface area contributed by atoms with E-state index in [2.05, 4.69) is 20.1 Å². The van der Waals surface area contributed by atoms with Crippen LogP contribution in [0.1, 0.15) is 52.3 Å². The number of morpholine rings is 1. The number of hydrogen-bond acceptors (Lipinski definition) is 7. The Bertz CT molecular complexity index is 1150. The van der Waals surface area contributed by atoms with Gasteiger partial charge in [0.1, 0.15) is 5.76 Å². The van der Waals surface area contributed by atoms with Crippen LogP contribution < -0.4 is 10.1 Å². The molecule has 0 atom stereocenters. The molecule has 1 aliphatic carbocycles. The first-order valence-corrected chi connectivity index (χ1v) is 13.2. The summed E-state index contributed by atoms with van der Waals surface area (Å²) in [6.45, 7) is 8.55. The van der Waals surface area contributed by atoms with E-state index in [1.54, 1.807) is 24.3 Å². The van der Waals surface area contributed by atoms with E-state index < -0.39 is 10.0 Å². The minimum atomic E-state index is -3.78. The number of hydrazone groups is 1. The van der Waals surface area contributed by atoms with Crippen molar-refractivity contribution >= 4 is 21.6 Å². The number of nitrogens with one attached hydrogen (secondary N) is 2. The highest BCUT2D eigenvalue weighted by atomic mass is 32.2. The van der Waals surface area contributed by atoms with E-state index in [-0.39, 0.29) is 16.6 Å². The summed E-state index contributed by atoms with van der Waals surface area (Å²) in [5.74, 6) is 0.691. The monoisotopic (exact) mass is 488 g/mol. The fourth-order valence-corrected chi connectivity index (χ4v) is 5.12. The lowest BCUT2D eigenvalue weighted by Gasteiger charge is -2.26. The number of fused-ring (bicyclic) bond motifs is 1. The van der Waals surface area contributed by atoms with E-state index in [9.17, 15) is 13.2 Å². The summed E-state index contributed by atoms with van der Waals surface area (Å²) in [6.07, 6.45) is 2.90. The average Bonchev–Trinajstić information content (AvgIpc) is 3.18. The van der Waals surface area contributed by atoms with E-state index >= 15 is 0 Å². The van der Waals surface area contributed by atoms with Gasteiger partial charge in [0.15, 0.2) is 5.76 Å². The predicted molar refractivity (Wildman–Crippen MR) is 129 cm³/mol. The summed E-state index contributed by atoms with van der Waals surface area (Å²) in [5.41, 5.74) is 2.98. The Morgan fingerprint density at radius 2 is 1.85 bits per heavy atom. The van der Waals surface area contributed by atoms with Crippen molar-refractivity contribution in [1.29, 1.82) is 0 Å². The molecule has 0 bridgehead atoms. The molecule has 2 aromatic rings. The molecule has 1 amide bonds. The molecule has 1 aromatic heterocycles. The van der Waals surface area contributed by atoms with Crippen LogP contribution in [0.2, 0.25) is 0 Å². The molecule has 34 heavy (non-hydrogen) atoms. The second kappa shape index (κ2) is 10.7. The SMILES string of the molecule is Cc1ccc(S(=O)(=O)N/N=C2\CCCc3oc(C(=O)NCCCN4CCOCC4)c(C)c32)cc1. The van der Waals surface area contributed by atoms with Crippen LogP contribution in [0.25, 0.3) is 0 Å². The van der Waals surface area contributed by atoms with E-state index in [0.29, 0.717) is 36.4 Å². The summed E-state index contributed by atoms with van der Waals surface area (Å²) in [7, 11) is -3.78. The Kier molecular flexibility index (Phi) is 7.70. The van der Waals surface area contributed by atoms with Gasteiger partial charge in [0.2, 0.25) is 0 Å². The molecule has 184 valence electrons. The molecular weight excluding hydrogens is 456 g/mol. The minimum Gasteiger partial charge on any atom is -0.455 e. The molecule has 1 aromatic carbocycles. The number of carbonyl (C=O) groups excluding carboxylic acids is 1. The number of hydrogen-bond donors (Lipinski definition) is 2. The van der Waals surface area contributed by atoms with Crippen LogP contribution in [0.5, 0.6) is 0 Å². The quantitative estimate of drug-likeness (QED) is 0.436. The van der Waals surface area contributed by atoms with Crippen LogP contribution in [0.4, 0.5) is 0 Å². The molecule has 2 heterocycles. The summed E-state index contributed by atoms with van der Waals surface area (Å²) in [5, 5.41) is 7.17. The first kappa shape index (κ1) is 24.4. The molecular formula is C24H32N4O5S. The van der Waals surface area contributed by atoms with Gasteiger partial charge in [0, 0.05) is 37.2 Å². The molecule has 0 spiro atoms. The number of amides is 1. The van der Waals surface area contributed by atoms with Gasteiger partial charge in [0.25, 0.3) is 15.9 Å². The van der Waals surface area contributed by atoms with E-state index in [1.807, 2.05) is 13.8 Å². The number of rotatable bonds is 8. The zero-order chi connectivity index (χ0) is 24.1. The average molecular weight is 489 g/mol. The van der Waals surface area contributed by atoms with E-state index in [4.69, 9.17) is 9.15 Å². The number of carbonyl (C=O) groups is 1. The molecule has 0 unspecified atom stereocenters.